The molecule has 0 spiro atoms. The molecule has 17 heteroatoms. The van der Waals surface area contributed by atoms with Crippen LogP contribution in [-0.4, -0.2) is 69.7 Å². The van der Waals surface area contributed by atoms with Crippen molar-refractivity contribution in [2.24, 2.45) is 14.1 Å². The van der Waals surface area contributed by atoms with Crippen LogP contribution >= 0.6 is 11.6 Å². The Morgan fingerprint density at radius 1 is 0.673 bits per heavy atom. The van der Waals surface area contributed by atoms with Crippen molar-refractivity contribution in [1.29, 1.82) is 0 Å². The molecule has 3 N–H and O–H groups in total. The van der Waals surface area contributed by atoms with Gasteiger partial charge in [0, 0.05) is 37.3 Å². The first-order valence-corrected chi connectivity index (χ1v) is 17.6. The number of carbonyl (C=O) groups excluding carboxylic acids is 2. The number of anilines is 2. The molecular formula is C38H39ClN14O2. The molecule has 6 aromatic heterocycles. The van der Waals surface area contributed by atoms with Gasteiger partial charge in [-0.3, -0.25) is 9.59 Å². The van der Waals surface area contributed by atoms with Crippen LogP contribution < -0.4 is 11.1 Å². The van der Waals surface area contributed by atoms with E-state index in [4.69, 9.17) is 17.3 Å². The van der Waals surface area contributed by atoms with E-state index in [2.05, 4.69) is 59.5 Å². The Labute approximate surface area is 321 Å². The third kappa shape index (κ3) is 8.71. The molecule has 0 aliphatic rings. The standard InChI is InChI=1S/C19H19N7O.C10H13N5.C9H7ClN2O/c1-12(2)26-11-21-24-18(26)15-5-4-6-17(22-15)23-19(27)13-7-8-14-16(9-13)25(3)10-20-14;1-7(2)15-6-12-14-10(15)8-4-3-5-9(11)13-8;1-12-5-11-7-3-2-6(9(10)13)4-8(7)12/h4-12H,1-3H3,(H,22,23,27);3-7H,1-2H3,(H2,11,13);2-5H,1H3. The first kappa shape index (κ1) is 37.9. The van der Waals surface area contributed by atoms with Crippen LogP contribution in [0.3, 0.4) is 0 Å². The third-order valence-corrected chi connectivity index (χ3v) is 8.64. The Morgan fingerprint density at radius 3 is 1.71 bits per heavy atom. The molecule has 0 saturated carbocycles. The Bertz CT molecular complexity index is 2600. The number of hydrogen-bond acceptors (Lipinski definition) is 11. The van der Waals surface area contributed by atoms with Gasteiger partial charge in [-0.25, -0.2) is 19.9 Å². The molecule has 0 aliphatic carbocycles. The average Bonchev–Trinajstić information content (AvgIpc) is 4.00. The van der Waals surface area contributed by atoms with Crippen LogP contribution in [-0.2, 0) is 14.1 Å². The summed E-state index contributed by atoms with van der Waals surface area (Å²) < 4.78 is 7.62. The molecule has 8 rings (SSSR count). The number of nitrogens with one attached hydrogen (secondary N) is 1. The molecule has 2 aromatic carbocycles. The topological polar surface area (TPSA) is 195 Å². The second kappa shape index (κ2) is 16.5. The predicted octanol–water partition coefficient (Wildman–Crippen LogP) is 6.52. The number of rotatable bonds is 7. The van der Waals surface area contributed by atoms with Crippen LogP contribution in [0.15, 0.2) is 98.1 Å². The number of nitrogens with zero attached hydrogens (tertiary/aromatic N) is 12. The summed E-state index contributed by atoms with van der Waals surface area (Å²) in [4.78, 5) is 40.6. The molecule has 0 fully saturated rings. The van der Waals surface area contributed by atoms with Crippen LogP contribution in [0.5, 0.6) is 0 Å². The zero-order chi connectivity index (χ0) is 39.2. The smallest absolute Gasteiger partial charge is 0.256 e. The summed E-state index contributed by atoms with van der Waals surface area (Å²) in [7, 11) is 3.77. The van der Waals surface area contributed by atoms with Crippen molar-refractivity contribution in [3.8, 4) is 23.0 Å². The van der Waals surface area contributed by atoms with Gasteiger partial charge in [0.05, 0.1) is 34.7 Å². The molecule has 0 saturated heterocycles. The van der Waals surface area contributed by atoms with Crippen LogP contribution in [0.2, 0.25) is 0 Å². The number of benzene rings is 2. The van der Waals surface area contributed by atoms with Gasteiger partial charge in [0.2, 0.25) is 0 Å². The lowest BCUT2D eigenvalue weighted by Gasteiger charge is -2.10. The Kier molecular flexibility index (Phi) is 11.4. The summed E-state index contributed by atoms with van der Waals surface area (Å²) in [5.74, 6) is 2.13. The van der Waals surface area contributed by atoms with Crippen LogP contribution in [0.4, 0.5) is 11.6 Å². The monoisotopic (exact) mass is 758 g/mol. The lowest BCUT2D eigenvalue weighted by atomic mass is 10.2. The quantitative estimate of drug-likeness (QED) is 0.168. The van der Waals surface area contributed by atoms with E-state index < -0.39 is 5.24 Å². The first-order valence-electron chi connectivity index (χ1n) is 17.2. The fourth-order valence-corrected chi connectivity index (χ4v) is 5.63. The van der Waals surface area contributed by atoms with Gasteiger partial charge in [0.15, 0.2) is 11.6 Å². The van der Waals surface area contributed by atoms with E-state index in [1.54, 1.807) is 61.7 Å². The number of carbonyl (C=O) groups is 2. The van der Waals surface area contributed by atoms with Gasteiger partial charge in [0.1, 0.15) is 35.7 Å². The molecule has 0 unspecified atom stereocenters. The highest BCUT2D eigenvalue weighted by Crippen LogP contribution is 2.22. The molecular weight excluding hydrogens is 720 g/mol. The molecule has 1 amide bonds. The number of halogens is 1. The molecule has 16 nitrogen and oxygen atoms in total. The average molecular weight is 759 g/mol. The van der Waals surface area contributed by atoms with Gasteiger partial charge in [-0.05, 0) is 100.0 Å². The highest BCUT2D eigenvalue weighted by atomic mass is 35.5. The lowest BCUT2D eigenvalue weighted by Crippen LogP contribution is -2.13. The van der Waals surface area contributed by atoms with Crippen molar-refractivity contribution in [1.82, 2.24) is 58.6 Å². The van der Waals surface area contributed by atoms with Gasteiger partial charge in [-0.2, -0.15) is 0 Å². The summed E-state index contributed by atoms with van der Waals surface area (Å²) in [5, 5.41) is 18.5. The molecule has 0 aliphatic heterocycles. The Balaban J connectivity index is 0.000000155. The molecule has 0 radical (unpaired) electrons. The van der Waals surface area contributed by atoms with Crippen molar-refractivity contribution in [2.45, 2.75) is 39.8 Å². The van der Waals surface area contributed by atoms with E-state index in [9.17, 15) is 9.59 Å². The number of pyridine rings is 2. The fourth-order valence-electron chi connectivity index (χ4n) is 5.52. The maximum Gasteiger partial charge on any atom is 0.256 e. The number of aryl methyl sites for hydroxylation is 2. The predicted molar refractivity (Wildman–Crippen MR) is 211 cm³/mol. The van der Waals surface area contributed by atoms with Gasteiger partial charge in [0.25, 0.3) is 11.1 Å². The minimum absolute atomic E-state index is 0.209. The largest absolute Gasteiger partial charge is 0.384 e. The number of fused-ring (bicyclic) bond motifs is 2. The lowest BCUT2D eigenvalue weighted by molar-refractivity contribution is 0.102. The zero-order valence-corrected chi connectivity index (χ0v) is 31.8. The van der Waals surface area contributed by atoms with Gasteiger partial charge in [-0.15, -0.1) is 20.4 Å². The van der Waals surface area contributed by atoms with E-state index in [1.807, 2.05) is 82.6 Å². The van der Waals surface area contributed by atoms with Gasteiger partial charge < -0.3 is 29.3 Å². The molecule has 55 heavy (non-hydrogen) atoms. The van der Waals surface area contributed by atoms with Crippen molar-refractivity contribution in [3.63, 3.8) is 0 Å². The maximum absolute atomic E-state index is 12.6. The van der Waals surface area contributed by atoms with E-state index in [0.29, 0.717) is 40.3 Å². The highest BCUT2D eigenvalue weighted by Gasteiger charge is 2.14. The number of nitrogens with two attached hydrogens (primary N) is 1. The van der Waals surface area contributed by atoms with Gasteiger partial charge in [-0.1, -0.05) is 12.1 Å². The second-order valence-electron chi connectivity index (χ2n) is 13.0. The van der Waals surface area contributed by atoms with E-state index >= 15 is 0 Å². The van der Waals surface area contributed by atoms with Crippen LogP contribution in [0, 0.1) is 0 Å². The summed E-state index contributed by atoms with van der Waals surface area (Å²) in [6.07, 6.45) is 6.80. The second-order valence-corrected chi connectivity index (χ2v) is 13.4. The third-order valence-electron chi connectivity index (χ3n) is 8.42. The molecule has 0 bridgehead atoms. The van der Waals surface area contributed by atoms with Crippen molar-refractivity contribution in [3.05, 3.63) is 109 Å². The summed E-state index contributed by atoms with van der Waals surface area (Å²) in [5.41, 5.74) is 11.6. The minimum atomic E-state index is -0.442. The highest BCUT2D eigenvalue weighted by molar-refractivity contribution is 6.67. The van der Waals surface area contributed by atoms with E-state index in [0.717, 1.165) is 33.6 Å². The molecule has 6 heterocycles. The molecule has 0 atom stereocenters. The number of amides is 1. The first-order chi connectivity index (χ1) is 26.4. The molecule has 8 aromatic rings. The fraction of sp³-hybridized carbons (Fsp3) is 0.211. The normalized spacial score (nSPS) is 11.0. The van der Waals surface area contributed by atoms with Gasteiger partial charge >= 0.3 is 0 Å². The summed E-state index contributed by atoms with van der Waals surface area (Å²) >= 11 is 5.35. The minimum Gasteiger partial charge on any atom is -0.384 e. The maximum atomic E-state index is 12.6. The van der Waals surface area contributed by atoms with E-state index in [-0.39, 0.29) is 11.9 Å². The molecule has 280 valence electrons. The van der Waals surface area contributed by atoms with Crippen molar-refractivity contribution < 1.29 is 9.59 Å². The van der Waals surface area contributed by atoms with Crippen LogP contribution in [0.25, 0.3) is 45.1 Å². The number of nitrogen functional groups attached to an aromatic ring is 1. The van der Waals surface area contributed by atoms with Crippen molar-refractivity contribution >= 4 is 56.5 Å². The Hall–Kier alpha value is -6.81. The summed E-state index contributed by atoms with van der Waals surface area (Å²) in [6, 6.07) is 22.0. The number of aromatic nitrogens is 12. The van der Waals surface area contributed by atoms with Crippen LogP contribution in [0.1, 0.15) is 60.5 Å². The number of hydrogen-bond donors (Lipinski definition) is 2. The Morgan fingerprint density at radius 2 is 1.18 bits per heavy atom. The summed E-state index contributed by atoms with van der Waals surface area (Å²) in [6.45, 7) is 8.23. The SMILES string of the molecule is CC(C)n1cnnc1-c1cccc(N)n1.CC(C)n1cnnc1-c1cccc(NC(=O)c2ccc3ncn(C)c3c2)n1.Cn1cnc2ccc(C(=O)Cl)cc21. The number of imidazole rings is 2. The zero-order valence-electron chi connectivity index (χ0n) is 31.0. The van der Waals surface area contributed by atoms with Crippen molar-refractivity contribution in [2.75, 3.05) is 11.1 Å². The van der Waals surface area contributed by atoms with E-state index in [1.165, 1.54) is 0 Å².